The first-order chi connectivity index (χ1) is 25.6. The molecular weight excluding hydrogens is 641 g/mol. The van der Waals surface area contributed by atoms with E-state index in [0.29, 0.717) is 0 Å². The van der Waals surface area contributed by atoms with Gasteiger partial charge in [-0.25, -0.2) is 0 Å². The molecule has 3 nitrogen and oxygen atoms in total. The SMILES string of the molecule is Cc1cccc(N(c2cccc(C)c2)c2cc3c4c(c2)N2c5c(cc(C)cc5C5(C)CCCCC25C)B4c2ccc(C)cc2N3c2cccc(C)c2)c1. The smallest absolute Gasteiger partial charge is 0.252 e. The van der Waals surface area contributed by atoms with Gasteiger partial charge in [-0.2, -0.15) is 0 Å². The Balaban J connectivity index is 1.36. The molecule has 0 saturated heterocycles. The van der Waals surface area contributed by atoms with E-state index in [-0.39, 0.29) is 17.7 Å². The Bertz CT molecular complexity index is 2450. The van der Waals surface area contributed by atoms with Crippen LogP contribution in [-0.4, -0.2) is 12.3 Å². The minimum atomic E-state index is -0.0489. The molecule has 0 amide bonds. The number of hydrogen-bond donors (Lipinski definition) is 0. The Kier molecular flexibility index (Phi) is 6.97. The van der Waals surface area contributed by atoms with Gasteiger partial charge in [-0.15, -0.1) is 0 Å². The molecule has 3 heterocycles. The fourth-order valence-electron chi connectivity index (χ4n) is 10.7. The molecule has 53 heavy (non-hydrogen) atoms. The highest BCUT2D eigenvalue weighted by Crippen LogP contribution is 2.62. The highest BCUT2D eigenvalue weighted by atomic mass is 15.3. The number of rotatable bonds is 4. The van der Waals surface area contributed by atoms with E-state index in [1.165, 1.54) is 115 Å². The summed E-state index contributed by atoms with van der Waals surface area (Å²) >= 11 is 0. The van der Waals surface area contributed by atoms with Gasteiger partial charge in [0, 0.05) is 45.2 Å². The van der Waals surface area contributed by atoms with Gasteiger partial charge in [-0.1, -0.05) is 86.0 Å². The first-order valence-electron chi connectivity index (χ1n) is 19.6. The third-order valence-electron chi connectivity index (χ3n) is 13.4. The van der Waals surface area contributed by atoms with Gasteiger partial charge < -0.3 is 14.7 Å². The van der Waals surface area contributed by atoms with Crippen LogP contribution in [0.2, 0.25) is 0 Å². The van der Waals surface area contributed by atoms with Gasteiger partial charge in [0.1, 0.15) is 0 Å². The Morgan fingerprint density at radius 2 is 1.19 bits per heavy atom. The van der Waals surface area contributed by atoms with Crippen LogP contribution in [0, 0.1) is 34.6 Å². The van der Waals surface area contributed by atoms with Crippen LogP contribution in [0.1, 0.15) is 72.9 Å². The maximum Gasteiger partial charge on any atom is 0.252 e. The van der Waals surface area contributed by atoms with Crippen molar-refractivity contribution >= 4 is 68.6 Å². The lowest BCUT2D eigenvalue weighted by atomic mass is 9.33. The van der Waals surface area contributed by atoms with E-state index in [9.17, 15) is 0 Å². The summed E-state index contributed by atoms with van der Waals surface area (Å²) < 4.78 is 0. The lowest BCUT2D eigenvalue weighted by molar-refractivity contribution is 0.195. The van der Waals surface area contributed by atoms with Gasteiger partial charge in [0.2, 0.25) is 0 Å². The second-order valence-corrected chi connectivity index (χ2v) is 17.0. The summed E-state index contributed by atoms with van der Waals surface area (Å²) in [5.74, 6) is 0. The van der Waals surface area contributed by atoms with Crippen LogP contribution in [0.5, 0.6) is 0 Å². The molecule has 1 aliphatic carbocycles. The van der Waals surface area contributed by atoms with Crippen molar-refractivity contribution < 1.29 is 0 Å². The molecule has 2 unspecified atom stereocenters. The van der Waals surface area contributed by atoms with Gasteiger partial charge >= 0.3 is 0 Å². The van der Waals surface area contributed by atoms with Crippen LogP contribution in [-0.2, 0) is 5.41 Å². The molecule has 4 aliphatic rings. The Labute approximate surface area is 316 Å². The normalized spacial score (nSPS) is 20.5. The fraction of sp³-hybridized carbons (Fsp3) is 0.265. The standard InChI is InChI=1S/C49H48BN3/c1-31-13-10-16-36(23-31)51(37-17-11-14-32(2)24-37)39-29-44-46-45(30-39)53-47-40(48(6)21-8-9-22-49(48,53)7)26-35(5)27-42(47)50(46)41-20-19-34(4)28-43(41)52(44)38-18-12-15-33(3)25-38/h10-20,23-30H,8-9,21-22H2,1-7H3. The topological polar surface area (TPSA) is 9.72 Å². The van der Waals surface area contributed by atoms with Crippen molar-refractivity contribution in [2.75, 3.05) is 14.7 Å². The zero-order valence-electron chi connectivity index (χ0n) is 32.2. The Hall–Kier alpha value is -5.22. The summed E-state index contributed by atoms with van der Waals surface area (Å²) in [7, 11) is 0. The molecule has 0 spiro atoms. The lowest BCUT2D eigenvalue weighted by Gasteiger charge is -2.53. The van der Waals surface area contributed by atoms with Crippen LogP contribution >= 0.6 is 0 Å². The maximum atomic E-state index is 2.85. The Morgan fingerprint density at radius 1 is 0.547 bits per heavy atom. The number of nitrogens with zero attached hydrogens (tertiary/aromatic N) is 3. The van der Waals surface area contributed by atoms with E-state index in [4.69, 9.17) is 0 Å². The van der Waals surface area contributed by atoms with Crippen molar-refractivity contribution in [1.82, 2.24) is 0 Å². The third kappa shape index (κ3) is 4.54. The molecule has 0 aromatic heterocycles. The van der Waals surface area contributed by atoms with Crippen molar-refractivity contribution in [2.24, 2.45) is 0 Å². The van der Waals surface area contributed by atoms with Gasteiger partial charge in [-0.05, 0) is 153 Å². The highest BCUT2D eigenvalue weighted by Gasteiger charge is 2.61. The van der Waals surface area contributed by atoms with Gasteiger partial charge in [0.05, 0.1) is 11.2 Å². The summed E-state index contributed by atoms with van der Waals surface area (Å²) in [4.78, 5) is 7.93. The Morgan fingerprint density at radius 3 is 1.89 bits per heavy atom. The summed E-state index contributed by atoms with van der Waals surface area (Å²) in [5, 5.41) is 0. The molecule has 2 atom stereocenters. The molecule has 1 fully saturated rings. The van der Waals surface area contributed by atoms with Gasteiger partial charge in [0.15, 0.2) is 0 Å². The quantitative estimate of drug-likeness (QED) is 0.170. The first kappa shape index (κ1) is 32.4. The van der Waals surface area contributed by atoms with Crippen molar-refractivity contribution in [2.45, 2.75) is 85.1 Å². The zero-order valence-corrected chi connectivity index (χ0v) is 32.2. The molecule has 10 rings (SSSR count). The highest BCUT2D eigenvalue weighted by molar-refractivity contribution is 7.00. The first-order valence-corrected chi connectivity index (χ1v) is 19.6. The van der Waals surface area contributed by atoms with Crippen LogP contribution in [0.15, 0.2) is 115 Å². The molecule has 4 heteroatoms. The second-order valence-electron chi connectivity index (χ2n) is 17.0. The molecule has 262 valence electrons. The largest absolute Gasteiger partial charge is 0.335 e. The minimum absolute atomic E-state index is 0.0489. The van der Waals surface area contributed by atoms with E-state index >= 15 is 0 Å². The van der Waals surface area contributed by atoms with Crippen LogP contribution < -0.4 is 31.1 Å². The van der Waals surface area contributed by atoms with Crippen molar-refractivity contribution in [3.63, 3.8) is 0 Å². The average Bonchev–Trinajstić information content (AvgIpc) is 3.33. The molecule has 1 saturated carbocycles. The van der Waals surface area contributed by atoms with Crippen LogP contribution in [0.25, 0.3) is 0 Å². The average molecular weight is 690 g/mol. The maximum absolute atomic E-state index is 2.85. The summed E-state index contributed by atoms with van der Waals surface area (Å²) in [6.07, 6.45) is 4.93. The number of aryl methyl sites for hydroxylation is 5. The number of hydrogen-bond acceptors (Lipinski definition) is 3. The molecule has 6 aromatic rings. The van der Waals surface area contributed by atoms with E-state index in [2.05, 4.69) is 178 Å². The van der Waals surface area contributed by atoms with E-state index in [1.807, 2.05) is 0 Å². The predicted molar refractivity (Wildman–Crippen MR) is 227 cm³/mol. The molecule has 3 aliphatic heterocycles. The summed E-state index contributed by atoms with van der Waals surface area (Å²) in [5.41, 5.74) is 22.4. The molecule has 0 N–H and O–H groups in total. The molecule has 6 aromatic carbocycles. The minimum Gasteiger partial charge on any atom is -0.335 e. The predicted octanol–water partition coefficient (Wildman–Crippen LogP) is 11.1. The number of fused-ring (bicyclic) bond motifs is 7. The van der Waals surface area contributed by atoms with E-state index < -0.39 is 0 Å². The number of benzene rings is 6. The van der Waals surface area contributed by atoms with E-state index in [0.717, 1.165) is 0 Å². The van der Waals surface area contributed by atoms with Gasteiger partial charge in [0.25, 0.3) is 6.71 Å². The fourth-order valence-corrected chi connectivity index (χ4v) is 10.7. The third-order valence-corrected chi connectivity index (χ3v) is 13.4. The van der Waals surface area contributed by atoms with Crippen molar-refractivity contribution in [3.8, 4) is 0 Å². The summed E-state index contributed by atoms with van der Waals surface area (Å²) in [6.45, 7) is 16.5. The molecule has 0 bridgehead atoms. The van der Waals surface area contributed by atoms with E-state index in [1.54, 1.807) is 5.56 Å². The zero-order chi connectivity index (χ0) is 36.4. The lowest BCUT2D eigenvalue weighted by Crippen LogP contribution is -2.64. The van der Waals surface area contributed by atoms with Gasteiger partial charge in [-0.3, -0.25) is 0 Å². The van der Waals surface area contributed by atoms with Crippen molar-refractivity contribution in [1.29, 1.82) is 0 Å². The van der Waals surface area contributed by atoms with Crippen LogP contribution in [0.4, 0.5) is 45.5 Å². The van der Waals surface area contributed by atoms with Crippen molar-refractivity contribution in [3.05, 3.63) is 149 Å². The van der Waals surface area contributed by atoms with Crippen LogP contribution in [0.3, 0.4) is 0 Å². The summed E-state index contributed by atoms with van der Waals surface area (Å²) in [6, 6.07) is 44.4. The molecular formula is C49H48BN3. The second kappa shape index (κ2) is 11.4. The monoisotopic (exact) mass is 689 g/mol. The number of anilines is 8. The molecule has 0 radical (unpaired) electrons.